The molecule has 1 amide bonds. The Labute approximate surface area is 178 Å². The van der Waals surface area contributed by atoms with E-state index in [1.807, 2.05) is 9.80 Å². The van der Waals surface area contributed by atoms with Gasteiger partial charge >= 0.3 is 17.9 Å². The number of nitrogens with two attached hydrogens (primary N) is 1. The second kappa shape index (κ2) is 17.6. The lowest BCUT2D eigenvalue weighted by molar-refractivity contribution is -0.142. The molecule has 11 heteroatoms. The average molecular weight is 433 g/mol. The van der Waals surface area contributed by atoms with Gasteiger partial charge in [0.05, 0.1) is 40.6 Å². The summed E-state index contributed by atoms with van der Waals surface area (Å²) in [6.45, 7) is 3.59. The van der Waals surface area contributed by atoms with Crippen LogP contribution in [0.3, 0.4) is 0 Å². The minimum Gasteiger partial charge on any atom is -0.469 e. The van der Waals surface area contributed by atoms with Gasteiger partial charge in [0.2, 0.25) is 5.91 Å². The zero-order valence-corrected chi connectivity index (χ0v) is 18.3. The number of carbonyl (C=O) groups is 4. The first-order valence-electron chi connectivity index (χ1n) is 9.98. The normalized spacial score (nSPS) is 10.7. The number of carbonyl (C=O) groups excluding carboxylic acids is 4. The molecule has 0 atom stereocenters. The number of hydrogen-bond donors (Lipinski definition) is 2. The molecule has 0 aromatic carbocycles. The molecular formula is C19H36N4O7. The van der Waals surface area contributed by atoms with Gasteiger partial charge in [-0.3, -0.25) is 19.2 Å². The van der Waals surface area contributed by atoms with Gasteiger partial charge in [0.25, 0.3) is 0 Å². The largest absolute Gasteiger partial charge is 0.469 e. The summed E-state index contributed by atoms with van der Waals surface area (Å²) in [6, 6.07) is 0. The highest BCUT2D eigenvalue weighted by Crippen LogP contribution is 2.02. The molecule has 0 aromatic heterocycles. The van der Waals surface area contributed by atoms with Crippen molar-refractivity contribution in [3.8, 4) is 0 Å². The smallest absolute Gasteiger partial charge is 0.306 e. The maximum atomic E-state index is 11.9. The number of amides is 1. The van der Waals surface area contributed by atoms with E-state index in [4.69, 9.17) is 5.73 Å². The SMILES string of the molecule is COC(=O)CCN(CCC(=O)NCCN)CCN(CCC(=O)OC)CCC(=O)OC. The van der Waals surface area contributed by atoms with Crippen LogP contribution < -0.4 is 11.1 Å². The van der Waals surface area contributed by atoms with Gasteiger partial charge < -0.3 is 35.1 Å². The number of nitrogens with one attached hydrogen (secondary N) is 1. The fraction of sp³-hybridized carbons (Fsp3) is 0.789. The third kappa shape index (κ3) is 14.7. The summed E-state index contributed by atoms with van der Waals surface area (Å²) in [6.07, 6.45) is 0.861. The van der Waals surface area contributed by atoms with Crippen molar-refractivity contribution in [3.05, 3.63) is 0 Å². The summed E-state index contributed by atoms with van der Waals surface area (Å²) in [7, 11) is 3.98. The predicted octanol–water partition coefficient (Wildman–Crippen LogP) is -1.26. The summed E-state index contributed by atoms with van der Waals surface area (Å²) in [5.41, 5.74) is 5.38. The molecule has 30 heavy (non-hydrogen) atoms. The Morgan fingerprint density at radius 1 is 0.667 bits per heavy atom. The van der Waals surface area contributed by atoms with E-state index in [9.17, 15) is 19.2 Å². The fourth-order valence-electron chi connectivity index (χ4n) is 2.57. The Balaban J connectivity index is 4.80. The number of nitrogens with zero attached hydrogens (tertiary/aromatic N) is 2. The highest BCUT2D eigenvalue weighted by Gasteiger charge is 2.15. The van der Waals surface area contributed by atoms with Crippen molar-refractivity contribution in [1.82, 2.24) is 15.1 Å². The minimum atomic E-state index is -0.336. The van der Waals surface area contributed by atoms with Gasteiger partial charge in [0.1, 0.15) is 0 Å². The quantitative estimate of drug-likeness (QED) is 0.211. The Morgan fingerprint density at radius 3 is 1.37 bits per heavy atom. The van der Waals surface area contributed by atoms with Crippen LogP contribution in [0.2, 0.25) is 0 Å². The van der Waals surface area contributed by atoms with Crippen molar-refractivity contribution >= 4 is 23.8 Å². The molecule has 0 aliphatic rings. The first-order valence-corrected chi connectivity index (χ1v) is 9.98. The monoisotopic (exact) mass is 432 g/mol. The summed E-state index contributed by atoms with van der Waals surface area (Å²) >= 11 is 0. The molecule has 0 saturated carbocycles. The van der Waals surface area contributed by atoms with Crippen LogP contribution in [0, 0.1) is 0 Å². The maximum absolute atomic E-state index is 11.9. The molecule has 0 bridgehead atoms. The van der Waals surface area contributed by atoms with Crippen LogP contribution in [-0.4, -0.2) is 107 Å². The second-order valence-corrected chi connectivity index (χ2v) is 6.55. The molecule has 0 unspecified atom stereocenters. The van der Waals surface area contributed by atoms with Gasteiger partial charge in [-0.25, -0.2) is 0 Å². The van der Waals surface area contributed by atoms with E-state index in [1.165, 1.54) is 21.3 Å². The number of methoxy groups -OCH3 is 3. The molecule has 0 fully saturated rings. The fourth-order valence-corrected chi connectivity index (χ4v) is 2.57. The number of rotatable bonds is 17. The van der Waals surface area contributed by atoms with Crippen molar-refractivity contribution < 1.29 is 33.4 Å². The summed E-state index contributed by atoms with van der Waals surface area (Å²) in [5.74, 6) is -1.12. The average Bonchev–Trinajstić information content (AvgIpc) is 2.76. The zero-order chi connectivity index (χ0) is 22.8. The molecule has 11 nitrogen and oxygen atoms in total. The van der Waals surface area contributed by atoms with Crippen LogP contribution in [0.25, 0.3) is 0 Å². The third-order valence-corrected chi connectivity index (χ3v) is 4.43. The van der Waals surface area contributed by atoms with Gasteiger partial charge in [0, 0.05) is 58.8 Å². The number of esters is 3. The van der Waals surface area contributed by atoms with Gasteiger partial charge in [0.15, 0.2) is 0 Å². The lowest BCUT2D eigenvalue weighted by Gasteiger charge is -2.27. The van der Waals surface area contributed by atoms with E-state index in [0.717, 1.165) is 0 Å². The molecule has 0 heterocycles. The zero-order valence-electron chi connectivity index (χ0n) is 18.3. The third-order valence-electron chi connectivity index (χ3n) is 4.43. The van der Waals surface area contributed by atoms with Crippen LogP contribution in [0.5, 0.6) is 0 Å². The van der Waals surface area contributed by atoms with Crippen LogP contribution in [0.4, 0.5) is 0 Å². The van der Waals surface area contributed by atoms with Gasteiger partial charge in [-0.2, -0.15) is 0 Å². The molecular weight excluding hydrogens is 396 g/mol. The van der Waals surface area contributed by atoms with Gasteiger partial charge in [-0.1, -0.05) is 0 Å². The Bertz CT molecular complexity index is 511. The van der Waals surface area contributed by atoms with Crippen LogP contribution in [0.1, 0.15) is 25.7 Å². The van der Waals surface area contributed by atoms with Crippen molar-refractivity contribution in [2.75, 3.05) is 73.7 Å². The van der Waals surface area contributed by atoms with Crippen LogP contribution in [-0.2, 0) is 33.4 Å². The predicted molar refractivity (Wildman–Crippen MR) is 109 cm³/mol. The van der Waals surface area contributed by atoms with Gasteiger partial charge in [-0.15, -0.1) is 0 Å². The summed E-state index contributed by atoms with van der Waals surface area (Å²) in [4.78, 5) is 50.2. The van der Waals surface area contributed by atoms with Crippen LogP contribution >= 0.6 is 0 Å². The topological polar surface area (TPSA) is 140 Å². The summed E-state index contributed by atoms with van der Waals surface area (Å²) in [5, 5.41) is 2.71. The van der Waals surface area contributed by atoms with Crippen molar-refractivity contribution in [2.24, 2.45) is 5.73 Å². The standard InChI is InChI=1S/C19H36N4O7/c1-28-17(25)5-11-22(10-4-16(24)21-9-8-20)14-15-23(12-6-18(26)29-2)13-7-19(27)30-3/h4-15,20H2,1-3H3,(H,21,24). The molecule has 174 valence electrons. The lowest BCUT2D eigenvalue weighted by atomic mass is 10.3. The summed E-state index contributed by atoms with van der Waals surface area (Å²) < 4.78 is 14.0. The van der Waals surface area contributed by atoms with E-state index in [2.05, 4.69) is 19.5 Å². The molecule has 0 spiro atoms. The van der Waals surface area contributed by atoms with Gasteiger partial charge in [-0.05, 0) is 0 Å². The van der Waals surface area contributed by atoms with Crippen molar-refractivity contribution in [3.63, 3.8) is 0 Å². The Morgan fingerprint density at radius 2 is 1.03 bits per heavy atom. The minimum absolute atomic E-state index is 0.114. The number of hydrogen-bond acceptors (Lipinski definition) is 10. The van der Waals surface area contributed by atoms with Crippen LogP contribution in [0.15, 0.2) is 0 Å². The molecule has 3 N–H and O–H groups in total. The number of ether oxygens (including phenoxy) is 3. The first-order chi connectivity index (χ1) is 14.4. The molecule has 0 saturated heterocycles. The molecule has 0 aromatic rings. The maximum Gasteiger partial charge on any atom is 0.306 e. The molecule has 0 aliphatic heterocycles. The first kappa shape index (κ1) is 27.8. The Kier molecular flexibility index (Phi) is 16.3. The molecule has 0 rings (SSSR count). The van der Waals surface area contributed by atoms with E-state index >= 15 is 0 Å². The lowest BCUT2D eigenvalue weighted by Crippen LogP contribution is -2.40. The molecule has 0 aliphatic carbocycles. The molecule has 0 radical (unpaired) electrons. The highest BCUT2D eigenvalue weighted by atomic mass is 16.5. The highest BCUT2D eigenvalue weighted by molar-refractivity contribution is 5.76. The van der Waals surface area contributed by atoms with E-state index in [1.54, 1.807) is 0 Å². The van der Waals surface area contributed by atoms with E-state index in [0.29, 0.717) is 52.4 Å². The second-order valence-electron chi connectivity index (χ2n) is 6.55. The Hall–Kier alpha value is -2.24. The van der Waals surface area contributed by atoms with Crippen molar-refractivity contribution in [2.45, 2.75) is 25.7 Å². The van der Waals surface area contributed by atoms with E-state index in [-0.39, 0.29) is 49.5 Å². The van der Waals surface area contributed by atoms with E-state index < -0.39 is 0 Å². The van der Waals surface area contributed by atoms with Crippen molar-refractivity contribution in [1.29, 1.82) is 0 Å².